The Hall–Kier alpha value is -3.13. The maximum atomic E-state index is 11.9. The number of hydrazine groups is 1. The van der Waals surface area contributed by atoms with Crippen LogP contribution in [0.15, 0.2) is 59.8 Å². The van der Waals surface area contributed by atoms with Gasteiger partial charge in [-0.1, -0.05) is 75.0 Å². The van der Waals surface area contributed by atoms with E-state index in [9.17, 15) is 9.59 Å². The van der Waals surface area contributed by atoms with Gasteiger partial charge in [0.25, 0.3) is 5.91 Å². The number of benzene rings is 2. The molecule has 0 unspecified atom stereocenters. The molecule has 0 radical (unpaired) electrons. The molecule has 0 spiro atoms. The van der Waals surface area contributed by atoms with Crippen molar-refractivity contribution in [2.75, 3.05) is 5.75 Å². The van der Waals surface area contributed by atoms with E-state index in [1.54, 1.807) is 24.3 Å². The number of aromatic amines is 1. The summed E-state index contributed by atoms with van der Waals surface area (Å²) in [6, 6.07) is 16.8. The average Bonchev–Trinajstić information content (AvgIpc) is 3.19. The minimum atomic E-state index is -0.372. The van der Waals surface area contributed by atoms with Crippen molar-refractivity contribution in [2.24, 2.45) is 0 Å². The molecule has 0 saturated heterocycles. The monoisotopic (exact) mass is 409 g/mol. The predicted molar refractivity (Wildman–Crippen MR) is 113 cm³/mol. The van der Waals surface area contributed by atoms with E-state index in [-0.39, 0.29) is 23.0 Å². The first-order chi connectivity index (χ1) is 13.8. The molecule has 0 bridgehead atoms. The van der Waals surface area contributed by atoms with Crippen molar-refractivity contribution in [3.63, 3.8) is 0 Å². The zero-order valence-electron chi connectivity index (χ0n) is 16.5. The number of nitrogens with one attached hydrogen (secondary N) is 3. The molecule has 0 aliphatic rings. The summed E-state index contributed by atoms with van der Waals surface area (Å²) in [7, 11) is 0. The molecule has 29 heavy (non-hydrogen) atoms. The quantitative estimate of drug-likeness (QED) is 0.443. The van der Waals surface area contributed by atoms with E-state index in [0.717, 1.165) is 5.56 Å². The van der Waals surface area contributed by atoms with Crippen LogP contribution in [0.5, 0.6) is 0 Å². The van der Waals surface area contributed by atoms with E-state index < -0.39 is 0 Å². The summed E-state index contributed by atoms with van der Waals surface area (Å²) in [6.07, 6.45) is 0. The number of nitrogens with zero attached hydrogens (tertiary/aromatic N) is 2. The molecule has 0 aliphatic carbocycles. The van der Waals surface area contributed by atoms with E-state index in [1.165, 1.54) is 17.3 Å². The minimum absolute atomic E-state index is 0.0787. The van der Waals surface area contributed by atoms with Crippen molar-refractivity contribution < 1.29 is 9.59 Å². The molecule has 0 fully saturated rings. The molecular weight excluding hydrogens is 386 g/mol. The van der Waals surface area contributed by atoms with Gasteiger partial charge in [0.15, 0.2) is 5.82 Å². The Morgan fingerprint density at radius 1 is 1.00 bits per heavy atom. The lowest BCUT2D eigenvalue weighted by Crippen LogP contribution is -2.42. The lowest BCUT2D eigenvalue weighted by Gasteiger charge is -2.18. The third kappa shape index (κ3) is 5.68. The van der Waals surface area contributed by atoms with Crippen molar-refractivity contribution in [3.05, 3.63) is 65.7 Å². The number of amides is 2. The second kappa shape index (κ2) is 8.91. The van der Waals surface area contributed by atoms with Crippen LogP contribution in [0.25, 0.3) is 11.4 Å². The molecule has 0 aliphatic heterocycles. The summed E-state index contributed by atoms with van der Waals surface area (Å²) in [5.41, 5.74) is 7.49. The Balaban J connectivity index is 1.50. The van der Waals surface area contributed by atoms with Gasteiger partial charge in [-0.15, -0.1) is 5.10 Å². The number of hydrogen-bond acceptors (Lipinski definition) is 5. The largest absolute Gasteiger partial charge is 0.272 e. The molecule has 2 amide bonds. The third-order valence-corrected chi connectivity index (χ3v) is 5.02. The molecule has 8 heteroatoms. The Labute approximate surface area is 173 Å². The number of rotatable bonds is 5. The maximum Gasteiger partial charge on any atom is 0.269 e. The number of carbonyl (C=O) groups is 2. The fraction of sp³-hybridized carbons (Fsp3) is 0.238. The van der Waals surface area contributed by atoms with Crippen LogP contribution in [0, 0.1) is 0 Å². The first-order valence-electron chi connectivity index (χ1n) is 9.13. The van der Waals surface area contributed by atoms with Gasteiger partial charge >= 0.3 is 0 Å². The Bertz CT molecular complexity index is 978. The van der Waals surface area contributed by atoms with E-state index in [0.29, 0.717) is 16.5 Å². The van der Waals surface area contributed by atoms with E-state index >= 15 is 0 Å². The molecular formula is C21H23N5O2S. The molecule has 2 aromatic carbocycles. The van der Waals surface area contributed by atoms with E-state index in [4.69, 9.17) is 0 Å². The molecule has 0 saturated carbocycles. The minimum Gasteiger partial charge on any atom is -0.272 e. The van der Waals surface area contributed by atoms with Crippen molar-refractivity contribution in [1.82, 2.24) is 26.0 Å². The molecule has 1 heterocycles. The van der Waals surface area contributed by atoms with Gasteiger partial charge in [-0.25, -0.2) is 4.98 Å². The topological polar surface area (TPSA) is 99.8 Å². The summed E-state index contributed by atoms with van der Waals surface area (Å²) in [4.78, 5) is 28.3. The van der Waals surface area contributed by atoms with Gasteiger partial charge in [0.05, 0.1) is 5.75 Å². The SMILES string of the molecule is CC(C)(C)c1ccc(-c2nc(SCC(=O)NNC(=O)c3ccccc3)n[nH]2)cc1. The van der Waals surface area contributed by atoms with Crippen LogP contribution >= 0.6 is 11.8 Å². The molecule has 1 aromatic heterocycles. The van der Waals surface area contributed by atoms with Gasteiger partial charge in [-0.3, -0.25) is 25.5 Å². The molecule has 150 valence electrons. The van der Waals surface area contributed by atoms with Gasteiger partial charge in [-0.05, 0) is 23.1 Å². The summed E-state index contributed by atoms with van der Waals surface area (Å²) in [5, 5.41) is 7.49. The van der Waals surface area contributed by atoms with Gasteiger partial charge in [0.2, 0.25) is 11.1 Å². The van der Waals surface area contributed by atoms with Gasteiger partial charge in [-0.2, -0.15) is 0 Å². The Morgan fingerprint density at radius 2 is 1.69 bits per heavy atom. The Morgan fingerprint density at radius 3 is 2.34 bits per heavy atom. The standard InChI is InChI=1S/C21H23N5O2S/c1-21(2,3)16-11-9-14(10-12-16)18-22-20(26-24-18)29-13-17(27)23-25-19(28)15-7-5-4-6-8-15/h4-12H,13H2,1-3H3,(H,23,27)(H,25,28)(H,22,24,26). The van der Waals surface area contributed by atoms with Crippen LogP contribution < -0.4 is 10.9 Å². The van der Waals surface area contributed by atoms with E-state index in [2.05, 4.69) is 58.9 Å². The summed E-state index contributed by atoms with van der Waals surface area (Å²) in [5.74, 6) is 0.00346. The lowest BCUT2D eigenvalue weighted by atomic mass is 9.87. The van der Waals surface area contributed by atoms with Crippen LogP contribution in [-0.2, 0) is 10.2 Å². The third-order valence-electron chi connectivity index (χ3n) is 4.17. The van der Waals surface area contributed by atoms with Crippen LogP contribution in [0.1, 0.15) is 36.7 Å². The number of H-pyrrole nitrogens is 1. The smallest absolute Gasteiger partial charge is 0.269 e. The number of hydrogen-bond donors (Lipinski definition) is 3. The summed E-state index contributed by atoms with van der Waals surface area (Å²) >= 11 is 1.18. The first kappa shape index (κ1) is 20.6. The average molecular weight is 410 g/mol. The summed E-state index contributed by atoms with van der Waals surface area (Å²) in [6.45, 7) is 6.50. The first-order valence-corrected chi connectivity index (χ1v) is 10.1. The van der Waals surface area contributed by atoms with Gasteiger partial charge in [0.1, 0.15) is 0 Å². The van der Waals surface area contributed by atoms with Crippen molar-refractivity contribution in [2.45, 2.75) is 31.3 Å². The zero-order valence-corrected chi connectivity index (χ0v) is 17.3. The molecule has 3 rings (SSSR count). The fourth-order valence-corrected chi connectivity index (χ4v) is 3.12. The van der Waals surface area contributed by atoms with Gasteiger partial charge < -0.3 is 0 Å². The van der Waals surface area contributed by atoms with Crippen LogP contribution in [0.2, 0.25) is 0 Å². The normalized spacial score (nSPS) is 11.1. The second-order valence-corrected chi connectivity index (χ2v) is 8.39. The highest BCUT2D eigenvalue weighted by Crippen LogP contribution is 2.25. The molecule has 3 aromatic rings. The number of carbonyl (C=O) groups excluding carboxylic acids is 2. The molecule has 3 N–H and O–H groups in total. The van der Waals surface area contributed by atoms with Crippen molar-refractivity contribution >= 4 is 23.6 Å². The number of thioether (sulfide) groups is 1. The van der Waals surface area contributed by atoms with E-state index in [1.807, 2.05) is 18.2 Å². The van der Waals surface area contributed by atoms with Gasteiger partial charge in [0, 0.05) is 11.1 Å². The molecule has 0 atom stereocenters. The predicted octanol–water partition coefficient (Wildman–Crippen LogP) is 3.32. The van der Waals surface area contributed by atoms with Crippen molar-refractivity contribution in [3.8, 4) is 11.4 Å². The maximum absolute atomic E-state index is 11.9. The highest BCUT2D eigenvalue weighted by molar-refractivity contribution is 7.99. The van der Waals surface area contributed by atoms with Crippen LogP contribution in [-0.4, -0.2) is 32.7 Å². The van der Waals surface area contributed by atoms with Crippen LogP contribution in [0.3, 0.4) is 0 Å². The molecule has 7 nitrogen and oxygen atoms in total. The highest BCUT2D eigenvalue weighted by Gasteiger charge is 2.14. The number of aromatic nitrogens is 3. The van der Waals surface area contributed by atoms with Crippen molar-refractivity contribution in [1.29, 1.82) is 0 Å². The highest BCUT2D eigenvalue weighted by atomic mass is 32.2. The summed E-state index contributed by atoms with van der Waals surface area (Å²) < 4.78 is 0. The zero-order chi connectivity index (χ0) is 20.9. The second-order valence-electron chi connectivity index (χ2n) is 7.45. The fourth-order valence-electron chi connectivity index (χ4n) is 2.52. The lowest BCUT2D eigenvalue weighted by molar-refractivity contribution is -0.119. The van der Waals surface area contributed by atoms with Crippen LogP contribution in [0.4, 0.5) is 0 Å². The Kier molecular flexibility index (Phi) is 6.33.